The summed E-state index contributed by atoms with van der Waals surface area (Å²) in [6.07, 6.45) is 1.78. The third-order valence-corrected chi connectivity index (χ3v) is 3.53. The van der Waals surface area contributed by atoms with Gasteiger partial charge in [0.1, 0.15) is 23.2 Å². The molecule has 0 radical (unpaired) electrons. The number of carbonyl (C=O) groups is 1. The number of nitrogens with one attached hydrogen (secondary N) is 2. The number of hydrogen-bond acceptors (Lipinski definition) is 4. The van der Waals surface area contributed by atoms with Crippen molar-refractivity contribution in [3.63, 3.8) is 0 Å². The van der Waals surface area contributed by atoms with Crippen molar-refractivity contribution in [2.75, 3.05) is 18.5 Å². The Morgan fingerprint density at radius 2 is 1.96 bits per heavy atom. The van der Waals surface area contributed by atoms with Crippen LogP contribution >= 0.6 is 0 Å². The van der Waals surface area contributed by atoms with Gasteiger partial charge in [0.15, 0.2) is 0 Å². The summed E-state index contributed by atoms with van der Waals surface area (Å²) < 4.78 is 18.9. The van der Waals surface area contributed by atoms with E-state index in [1.54, 1.807) is 42.5 Å². The summed E-state index contributed by atoms with van der Waals surface area (Å²) in [6, 6.07) is 15.2. The molecule has 0 aliphatic carbocycles. The van der Waals surface area contributed by atoms with Gasteiger partial charge in [-0.2, -0.15) is 5.26 Å². The molecule has 0 spiro atoms. The minimum atomic E-state index is -0.518. The molecule has 26 heavy (non-hydrogen) atoms. The molecule has 0 aliphatic heterocycles. The molecule has 0 fully saturated rings. The molecule has 0 atom stereocenters. The zero-order chi connectivity index (χ0) is 18.8. The van der Waals surface area contributed by atoms with Crippen LogP contribution < -0.4 is 15.4 Å². The second-order valence-electron chi connectivity index (χ2n) is 5.38. The van der Waals surface area contributed by atoms with Crippen molar-refractivity contribution < 1.29 is 13.9 Å². The molecule has 0 saturated carbocycles. The van der Waals surface area contributed by atoms with Gasteiger partial charge in [0.05, 0.1) is 6.61 Å². The molecule has 0 saturated heterocycles. The zero-order valence-corrected chi connectivity index (χ0v) is 14.5. The van der Waals surface area contributed by atoms with Gasteiger partial charge in [0.2, 0.25) is 0 Å². The van der Waals surface area contributed by atoms with E-state index in [4.69, 9.17) is 10.00 Å². The van der Waals surface area contributed by atoms with Gasteiger partial charge in [-0.15, -0.1) is 0 Å². The minimum Gasteiger partial charge on any atom is -0.494 e. The molecule has 2 aromatic rings. The van der Waals surface area contributed by atoms with Crippen molar-refractivity contribution in [1.82, 2.24) is 5.32 Å². The molecule has 6 heteroatoms. The fourth-order valence-corrected chi connectivity index (χ4v) is 2.23. The van der Waals surface area contributed by atoms with Gasteiger partial charge in [0, 0.05) is 18.4 Å². The van der Waals surface area contributed by atoms with Crippen LogP contribution in [-0.2, 0) is 11.2 Å². The fourth-order valence-electron chi connectivity index (χ4n) is 2.23. The Hall–Kier alpha value is -3.33. The SMILES string of the molecule is CCOc1ccc(NC(=O)/C(C#N)=C\NCCc2ccccc2F)cc1. The maximum absolute atomic E-state index is 13.5. The van der Waals surface area contributed by atoms with Gasteiger partial charge < -0.3 is 15.4 Å². The standard InChI is InChI=1S/C20H20FN3O2/c1-2-26-18-9-7-17(8-10-18)24-20(25)16(13-22)14-23-12-11-15-5-3-4-6-19(15)21/h3-10,14,23H,2,11-12H2,1H3,(H,24,25)/b16-14-. The second-order valence-corrected chi connectivity index (χ2v) is 5.38. The molecule has 2 aromatic carbocycles. The lowest BCUT2D eigenvalue weighted by atomic mass is 10.1. The van der Waals surface area contributed by atoms with Gasteiger partial charge in [-0.05, 0) is 49.2 Å². The highest BCUT2D eigenvalue weighted by molar-refractivity contribution is 6.06. The molecule has 0 aliphatic rings. The van der Waals surface area contributed by atoms with Crippen molar-refractivity contribution in [3.8, 4) is 11.8 Å². The van der Waals surface area contributed by atoms with Crippen LogP contribution in [0.15, 0.2) is 60.3 Å². The number of hydrogen-bond donors (Lipinski definition) is 2. The maximum Gasteiger partial charge on any atom is 0.267 e. The third kappa shape index (κ3) is 5.64. The van der Waals surface area contributed by atoms with E-state index in [9.17, 15) is 9.18 Å². The van der Waals surface area contributed by atoms with Crippen molar-refractivity contribution in [1.29, 1.82) is 5.26 Å². The summed E-state index contributed by atoms with van der Waals surface area (Å²) in [5, 5.41) is 14.7. The second kappa shape index (κ2) is 9.84. The van der Waals surface area contributed by atoms with Crippen molar-refractivity contribution in [2.45, 2.75) is 13.3 Å². The van der Waals surface area contributed by atoms with Gasteiger partial charge in [-0.3, -0.25) is 4.79 Å². The molecule has 5 nitrogen and oxygen atoms in total. The Morgan fingerprint density at radius 1 is 1.23 bits per heavy atom. The average molecular weight is 353 g/mol. The van der Waals surface area contributed by atoms with Gasteiger partial charge in [0.25, 0.3) is 5.91 Å². The molecule has 134 valence electrons. The molecule has 0 heterocycles. The average Bonchev–Trinajstić information content (AvgIpc) is 2.65. The Morgan fingerprint density at radius 3 is 2.62 bits per heavy atom. The van der Waals surface area contributed by atoms with Crippen LogP contribution in [0.2, 0.25) is 0 Å². The quantitative estimate of drug-likeness (QED) is 0.433. The van der Waals surface area contributed by atoms with E-state index in [0.29, 0.717) is 36.6 Å². The van der Waals surface area contributed by atoms with E-state index in [2.05, 4.69) is 10.6 Å². The molecule has 0 aromatic heterocycles. The number of nitriles is 1. The van der Waals surface area contributed by atoms with Crippen LogP contribution in [0.25, 0.3) is 0 Å². The molecule has 2 rings (SSSR count). The number of rotatable bonds is 8. The zero-order valence-electron chi connectivity index (χ0n) is 14.5. The normalized spacial score (nSPS) is 10.7. The molecule has 0 unspecified atom stereocenters. The highest BCUT2D eigenvalue weighted by Gasteiger charge is 2.09. The molecule has 1 amide bonds. The lowest BCUT2D eigenvalue weighted by Gasteiger charge is -2.07. The van der Waals surface area contributed by atoms with Crippen molar-refractivity contribution in [3.05, 3.63) is 71.7 Å². The monoisotopic (exact) mass is 353 g/mol. The largest absolute Gasteiger partial charge is 0.494 e. The summed E-state index contributed by atoms with van der Waals surface area (Å²) in [6.45, 7) is 2.85. The van der Waals surface area contributed by atoms with E-state index < -0.39 is 5.91 Å². The molecular weight excluding hydrogens is 333 g/mol. The van der Waals surface area contributed by atoms with Crippen LogP contribution in [0.1, 0.15) is 12.5 Å². The summed E-state index contributed by atoms with van der Waals surface area (Å²) in [7, 11) is 0. The molecule has 0 bridgehead atoms. The number of carbonyl (C=O) groups excluding carboxylic acids is 1. The minimum absolute atomic E-state index is 0.0626. The van der Waals surface area contributed by atoms with Crippen molar-refractivity contribution in [2.24, 2.45) is 0 Å². The van der Waals surface area contributed by atoms with E-state index in [0.717, 1.165) is 0 Å². The first-order valence-corrected chi connectivity index (χ1v) is 8.25. The summed E-state index contributed by atoms with van der Waals surface area (Å²) >= 11 is 0. The number of amides is 1. The smallest absolute Gasteiger partial charge is 0.267 e. The van der Waals surface area contributed by atoms with Crippen LogP contribution in [-0.4, -0.2) is 19.1 Å². The van der Waals surface area contributed by atoms with Gasteiger partial charge in [-0.1, -0.05) is 18.2 Å². The van der Waals surface area contributed by atoms with Crippen LogP contribution in [0, 0.1) is 17.1 Å². The number of anilines is 1. The number of nitrogens with zero attached hydrogens (tertiary/aromatic N) is 1. The predicted molar refractivity (Wildman–Crippen MR) is 98.0 cm³/mol. The summed E-state index contributed by atoms with van der Waals surface area (Å²) in [4.78, 5) is 12.1. The maximum atomic E-state index is 13.5. The van der Waals surface area contributed by atoms with E-state index >= 15 is 0 Å². The van der Waals surface area contributed by atoms with Crippen molar-refractivity contribution >= 4 is 11.6 Å². The number of halogens is 1. The highest BCUT2D eigenvalue weighted by atomic mass is 19.1. The first-order chi connectivity index (χ1) is 12.6. The number of ether oxygens (including phenoxy) is 1. The Bertz CT molecular complexity index is 811. The van der Waals surface area contributed by atoms with Gasteiger partial charge >= 0.3 is 0 Å². The summed E-state index contributed by atoms with van der Waals surface area (Å²) in [5.74, 6) is -0.0848. The van der Waals surface area contributed by atoms with Gasteiger partial charge in [-0.25, -0.2) is 4.39 Å². The predicted octanol–water partition coefficient (Wildman–Crippen LogP) is 3.40. The molecule has 2 N–H and O–H groups in total. The Balaban J connectivity index is 1.88. The lowest BCUT2D eigenvalue weighted by Crippen LogP contribution is -2.18. The highest BCUT2D eigenvalue weighted by Crippen LogP contribution is 2.16. The number of benzene rings is 2. The first kappa shape index (κ1) is 19.0. The Kier molecular flexibility index (Phi) is 7.19. The molecular formula is C20H20FN3O2. The first-order valence-electron chi connectivity index (χ1n) is 8.25. The summed E-state index contributed by atoms with van der Waals surface area (Å²) in [5.41, 5.74) is 1.07. The Labute approximate surface area is 152 Å². The topological polar surface area (TPSA) is 74.1 Å². The van der Waals surface area contributed by atoms with Crippen LogP contribution in [0.5, 0.6) is 5.75 Å². The van der Waals surface area contributed by atoms with E-state index in [-0.39, 0.29) is 11.4 Å². The third-order valence-electron chi connectivity index (χ3n) is 3.53. The van der Waals surface area contributed by atoms with E-state index in [1.165, 1.54) is 12.3 Å². The van der Waals surface area contributed by atoms with Crippen LogP contribution in [0.3, 0.4) is 0 Å². The van der Waals surface area contributed by atoms with Crippen LogP contribution in [0.4, 0.5) is 10.1 Å². The fraction of sp³-hybridized carbons (Fsp3) is 0.200. The lowest BCUT2D eigenvalue weighted by molar-refractivity contribution is -0.112. The van der Waals surface area contributed by atoms with E-state index in [1.807, 2.05) is 13.0 Å².